The minimum atomic E-state index is 0.0236. The van der Waals surface area contributed by atoms with Crippen molar-refractivity contribution in [1.29, 1.82) is 0 Å². The molecule has 100 valence electrons. The molecule has 0 unspecified atom stereocenters. The first-order valence-corrected chi connectivity index (χ1v) is 7.00. The monoisotopic (exact) mass is 275 g/mol. The summed E-state index contributed by atoms with van der Waals surface area (Å²) in [6.07, 6.45) is 2.54. The number of carbonyl (C=O) groups excluding carboxylic acids is 1. The molecule has 0 fully saturated rings. The Kier molecular flexibility index (Phi) is 4.52. The molecule has 0 atom stereocenters. The van der Waals surface area contributed by atoms with Crippen LogP contribution in [0.15, 0.2) is 35.8 Å². The molecule has 1 amide bonds. The Morgan fingerprint density at radius 1 is 1.47 bits per heavy atom. The number of aromatic nitrogens is 1. The normalized spacial score (nSPS) is 10.2. The molecule has 2 aromatic heterocycles. The maximum absolute atomic E-state index is 12.2. The Bertz CT molecular complexity index is 539. The van der Waals surface area contributed by atoms with Crippen molar-refractivity contribution in [2.24, 2.45) is 0 Å². The number of nitrogens with zero attached hydrogens (tertiary/aromatic N) is 2. The molecule has 0 aromatic carbocycles. The van der Waals surface area contributed by atoms with Crippen LogP contribution < -0.4 is 5.32 Å². The third-order valence-corrected chi connectivity index (χ3v) is 3.82. The maximum atomic E-state index is 12.2. The fourth-order valence-electron chi connectivity index (χ4n) is 1.75. The Morgan fingerprint density at radius 2 is 2.32 bits per heavy atom. The lowest BCUT2D eigenvalue weighted by Gasteiger charge is -2.17. The summed E-state index contributed by atoms with van der Waals surface area (Å²) in [6.45, 7) is 0.719. The topological polar surface area (TPSA) is 45.2 Å². The van der Waals surface area contributed by atoms with Gasteiger partial charge in [-0.25, -0.2) is 4.98 Å². The van der Waals surface area contributed by atoms with Crippen LogP contribution in [0, 0.1) is 0 Å². The first-order valence-electron chi connectivity index (χ1n) is 6.12. The fraction of sp³-hybridized carbons (Fsp3) is 0.286. The van der Waals surface area contributed by atoms with Crippen molar-refractivity contribution in [3.05, 3.63) is 46.3 Å². The van der Waals surface area contributed by atoms with Gasteiger partial charge >= 0.3 is 0 Å². The summed E-state index contributed by atoms with van der Waals surface area (Å²) in [5.41, 5.74) is 0.660. The van der Waals surface area contributed by atoms with E-state index in [-0.39, 0.29) is 5.91 Å². The van der Waals surface area contributed by atoms with Crippen LogP contribution in [0.3, 0.4) is 0 Å². The highest BCUT2D eigenvalue weighted by molar-refractivity contribution is 7.09. The van der Waals surface area contributed by atoms with Gasteiger partial charge in [0.05, 0.1) is 0 Å². The van der Waals surface area contributed by atoms with Crippen LogP contribution >= 0.6 is 11.3 Å². The van der Waals surface area contributed by atoms with Gasteiger partial charge in [0.1, 0.15) is 5.82 Å². The van der Waals surface area contributed by atoms with Gasteiger partial charge in [-0.3, -0.25) is 4.79 Å². The van der Waals surface area contributed by atoms with Crippen LogP contribution in [0.5, 0.6) is 0 Å². The number of hydrogen-bond acceptors (Lipinski definition) is 4. The Labute approximate surface area is 117 Å². The van der Waals surface area contributed by atoms with Crippen molar-refractivity contribution in [1.82, 2.24) is 9.88 Å². The molecule has 2 rings (SSSR count). The minimum absolute atomic E-state index is 0.0236. The quantitative estimate of drug-likeness (QED) is 0.912. The number of thiophene rings is 1. The second kappa shape index (κ2) is 6.33. The van der Waals surface area contributed by atoms with E-state index < -0.39 is 0 Å². The molecule has 5 heteroatoms. The van der Waals surface area contributed by atoms with Gasteiger partial charge in [0.25, 0.3) is 5.91 Å². The molecule has 4 nitrogen and oxygen atoms in total. The molecule has 19 heavy (non-hydrogen) atoms. The molecule has 2 heterocycles. The summed E-state index contributed by atoms with van der Waals surface area (Å²) in [4.78, 5) is 19.4. The second-order valence-electron chi connectivity index (χ2n) is 4.24. The highest BCUT2D eigenvalue weighted by atomic mass is 32.1. The Hall–Kier alpha value is -1.88. The summed E-state index contributed by atoms with van der Waals surface area (Å²) in [7, 11) is 3.62. The zero-order valence-electron chi connectivity index (χ0n) is 11.1. The lowest BCUT2D eigenvalue weighted by atomic mass is 10.2. The number of rotatable bonds is 5. The first-order chi connectivity index (χ1) is 9.20. The van der Waals surface area contributed by atoms with Crippen LogP contribution in [0.2, 0.25) is 0 Å². The molecule has 0 saturated heterocycles. The SMILES string of the molecule is CNc1cc(C(=O)N(C)CCc2cccs2)ccn1. The highest BCUT2D eigenvalue weighted by Crippen LogP contribution is 2.12. The zero-order valence-corrected chi connectivity index (χ0v) is 11.9. The number of likely N-dealkylation sites (N-methyl/N-ethyl adjacent to an activating group) is 1. The lowest BCUT2D eigenvalue weighted by molar-refractivity contribution is 0.0797. The lowest BCUT2D eigenvalue weighted by Crippen LogP contribution is -2.28. The average Bonchev–Trinajstić information content (AvgIpc) is 2.97. The molecular weight excluding hydrogens is 258 g/mol. The van der Waals surface area contributed by atoms with Gasteiger partial charge in [0.2, 0.25) is 0 Å². The molecule has 0 radical (unpaired) electrons. The fourth-order valence-corrected chi connectivity index (χ4v) is 2.45. The maximum Gasteiger partial charge on any atom is 0.253 e. The zero-order chi connectivity index (χ0) is 13.7. The van der Waals surface area contributed by atoms with Crippen molar-refractivity contribution in [3.8, 4) is 0 Å². The van der Waals surface area contributed by atoms with Crippen LogP contribution in [0.25, 0.3) is 0 Å². The van der Waals surface area contributed by atoms with Crippen molar-refractivity contribution in [2.75, 3.05) is 26.0 Å². The summed E-state index contributed by atoms with van der Waals surface area (Å²) in [5.74, 6) is 0.730. The van der Waals surface area contributed by atoms with Gasteiger partial charge in [-0.15, -0.1) is 11.3 Å². The molecule has 2 aromatic rings. The molecule has 0 bridgehead atoms. The predicted octanol–water partition coefficient (Wildman–Crippen LogP) is 2.50. The molecule has 1 N–H and O–H groups in total. The number of nitrogens with one attached hydrogen (secondary N) is 1. The van der Waals surface area contributed by atoms with E-state index in [2.05, 4.69) is 21.7 Å². The number of carbonyl (C=O) groups is 1. The van der Waals surface area contributed by atoms with Gasteiger partial charge in [0.15, 0.2) is 0 Å². The van der Waals surface area contributed by atoms with Gasteiger partial charge in [-0.1, -0.05) is 6.07 Å². The third-order valence-electron chi connectivity index (χ3n) is 2.88. The van der Waals surface area contributed by atoms with Gasteiger partial charge in [0, 0.05) is 37.3 Å². The minimum Gasteiger partial charge on any atom is -0.373 e. The van der Waals surface area contributed by atoms with Gasteiger partial charge in [-0.2, -0.15) is 0 Å². The molecule has 0 spiro atoms. The van der Waals surface area contributed by atoms with E-state index in [0.717, 1.165) is 13.0 Å². The van der Waals surface area contributed by atoms with E-state index in [1.54, 1.807) is 41.6 Å². The Morgan fingerprint density at radius 3 is 3.00 bits per heavy atom. The van der Waals surface area contributed by atoms with Crippen LogP contribution in [0.4, 0.5) is 5.82 Å². The van der Waals surface area contributed by atoms with Crippen LogP contribution in [0.1, 0.15) is 15.2 Å². The van der Waals surface area contributed by atoms with E-state index in [4.69, 9.17) is 0 Å². The molecule has 0 aliphatic rings. The van der Waals surface area contributed by atoms with Crippen molar-refractivity contribution >= 4 is 23.1 Å². The standard InChI is InChI=1S/C14H17N3OS/c1-15-13-10-11(5-7-16-13)14(18)17(2)8-6-12-4-3-9-19-12/h3-5,7,9-10H,6,8H2,1-2H3,(H,15,16). The summed E-state index contributed by atoms with van der Waals surface area (Å²) in [6, 6.07) is 7.63. The van der Waals surface area contributed by atoms with E-state index in [0.29, 0.717) is 11.4 Å². The van der Waals surface area contributed by atoms with E-state index in [9.17, 15) is 4.79 Å². The largest absolute Gasteiger partial charge is 0.373 e. The van der Waals surface area contributed by atoms with E-state index in [1.807, 2.05) is 13.1 Å². The van der Waals surface area contributed by atoms with E-state index >= 15 is 0 Å². The van der Waals surface area contributed by atoms with Crippen molar-refractivity contribution in [2.45, 2.75) is 6.42 Å². The van der Waals surface area contributed by atoms with Gasteiger partial charge in [-0.05, 0) is 30.0 Å². The number of amides is 1. The predicted molar refractivity (Wildman–Crippen MR) is 78.8 cm³/mol. The smallest absolute Gasteiger partial charge is 0.253 e. The number of anilines is 1. The summed E-state index contributed by atoms with van der Waals surface area (Å²) >= 11 is 1.72. The van der Waals surface area contributed by atoms with E-state index in [1.165, 1.54) is 4.88 Å². The highest BCUT2D eigenvalue weighted by Gasteiger charge is 2.12. The first kappa shape index (κ1) is 13.5. The van der Waals surface area contributed by atoms with Gasteiger partial charge < -0.3 is 10.2 Å². The van der Waals surface area contributed by atoms with Crippen LogP contribution in [-0.2, 0) is 6.42 Å². The van der Waals surface area contributed by atoms with Crippen molar-refractivity contribution < 1.29 is 4.79 Å². The summed E-state index contributed by atoms with van der Waals surface area (Å²) in [5, 5.41) is 4.99. The number of hydrogen-bond donors (Lipinski definition) is 1. The average molecular weight is 275 g/mol. The molecule has 0 saturated carbocycles. The molecule has 0 aliphatic heterocycles. The number of pyridine rings is 1. The second-order valence-corrected chi connectivity index (χ2v) is 5.27. The summed E-state index contributed by atoms with van der Waals surface area (Å²) < 4.78 is 0. The Balaban J connectivity index is 1.97. The molecule has 0 aliphatic carbocycles. The van der Waals surface area contributed by atoms with Crippen LogP contribution in [-0.4, -0.2) is 36.4 Å². The third kappa shape index (κ3) is 3.54. The molecular formula is C14H17N3OS. The van der Waals surface area contributed by atoms with Crippen molar-refractivity contribution in [3.63, 3.8) is 0 Å².